The van der Waals surface area contributed by atoms with Crippen LogP contribution in [0.5, 0.6) is 0 Å². The number of aromatic nitrogens is 3. The zero-order valence-electron chi connectivity index (χ0n) is 24.0. The highest BCUT2D eigenvalue weighted by atomic mass is 19.1. The monoisotopic (exact) mass is 591 g/mol. The largest absolute Gasteiger partial charge is 0.378 e. The van der Waals surface area contributed by atoms with Gasteiger partial charge in [-0.25, -0.2) is 19.2 Å². The molecule has 10 nitrogen and oxygen atoms in total. The van der Waals surface area contributed by atoms with Crippen molar-refractivity contribution in [1.29, 1.82) is 0 Å². The number of halogens is 1. The number of nitrogens with zero attached hydrogens (tertiary/aromatic N) is 4. The van der Waals surface area contributed by atoms with E-state index in [1.807, 2.05) is 18.2 Å². The molecule has 3 amide bonds. The third kappa shape index (κ3) is 6.47. The van der Waals surface area contributed by atoms with Crippen molar-refractivity contribution in [3.05, 3.63) is 91.0 Å². The molecule has 1 fully saturated rings. The number of rotatable bonds is 7. The summed E-state index contributed by atoms with van der Waals surface area (Å²) in [5.41, 5.74) is 4.23. The van der Waals surface area contributed by atoms with Crippen LogP contribution in [0.4, 0.5) is 32.1 Å². The van der Waals surface area contributed by atoms with Crippen molar-refractivity contribution in [3.8, 4) is 22.5 Å². The number of morpholine rings is 1. The van der Waals surface area contributed by atoms with Gasteiger partial charge in [0.05, 0.1) is 18.7 Å². The average molecular weight is 592 g/mol. The van der Waals surface area contributed by atoms with E-state index in [9.17, 15) is 9.59 Å². The van der Waals surface area contributed by atoms with Crippen molar-refractivity contribution in [2.75, 3.05) is 47.2 Å². The number of ether oxygens (including phenoxy) is 1. The minimum atomic E-state index is -0.412. The van der Waals surface area contributed by atoms with Crippen LogP contribution >= 0.6 is 0 Å². The van der Waals surface area contributed by atoms with Gasteiger partial charge in [-0.3, -0.25) is 9.78 Å². The number of hydrogen-bond acceptors (Lipinski definition) is 7. The number of fused-ring (bicyclic) bond motifs is 1. The van der Waals surface area contributed by atoms with Gasteiger partial charge in [0.2, 0.25) is 5.91 Å². The maximum absolute atomic E-state index is 15.4. The van der Waals surface area contributed by atoms with E-state index in [1.54, 1.807) is 67.8 Å². The van der Waals surface area contributed by atoms with Gasteiger partial charge < -0.3 is 25.6 Å². The zero-order chi connectivity index (χ0) is 30.5. The second-order valence-electron chi connectivity index (χ2n) is 10.2. The first kappa shape index (κ1) is 28.7. The number of amides is 3. The van der Waals surface area contributed by atoms with Crippen molar-refractivity contribution >= 4 is 45.7 Å². The molecule has 1 saturated heterocycles. The van der Waals surface area contributed by atoms with Crippen LogP contribution in [-0.2, 0) is 9.53 Å². The topological polar surface area (TPSA) is 121 Å². The Morgan fingerprint density at radius 3 is 2.16 bits per heavy atom. The van der Waals surface area contributed by atoms with Gasteiger partial charge >= 0.3 is 6.03 Å². The summed E-state index contributed by atoms with van der Waals surface area (Å²) in [6.07, 6.45) is 3.66. The van der Waals surface area contributed by atoms with E-state index in [0.717, 1.165) is 5.56 Å². The highest BCUT2D eigenvalue weighted by molar-refractivity contribution is 6.00. The average Bonchev–Trinajstić information content (AvgIpc) is 3.06. The van der Waals surface area contributed by atoms with E-state index in [0.29, 0.717) is 83.5 Å². The quantitative estimate of drug-likeness (QED) is 0.202. The molecule has 0 bridgehead atoms. The number of hydrogen-bond donors (Lipinski definition) is 3. The molecular weight excluding hydrogens is 561 g/mol. The molecule has 0 unspecified atom stereocenters. The molecule has 11 heteroatoms. The normalized spacial score (nSPS) is 13.0. The molecule has 5 aromatic rings. The molecule has 2 aromatic heterocycles. The van der Waals surface area contributed by atoms with E-state index in [2.05, 4.69) is 25.8 Å². The molecule has 3 aromatic carbocycles. The summed E-state index contributed by atoms with van der Waals surface area (Å²) in [5.74, 6) is 0.673. The van der Waals surface area contributed by atoms with E-state index in [1.165, 1.54) is 6.07 Å². The molecule has 3 heterocycles. The lowest BCUT2D eigenvalue weighted by Gasteiger charge is -2.29. The van der Waals surface area contributed by atoms with Gasteiger partial charge in [-0.15, -0.1) is 0 Å². The first-order chi connectivity index (χ1) is 21.5. The fourth-order valence-electron chi connectivity index (χ4n) is 4.90. The first-order valence-corrected chi connectivity index (χ1v) is 14.3. The number of urea groups is 1. The van der Waals surface area contributed by atoms with E-state index >= 15 is 4.39 Å². The standard InChI is InChI=1S/C33H30FN7O3/c1-2-30(42)36-23-9-11-25(12-10-23)38-33(43)37-24-7-5-21(6-8-24)31-39-29-19-26(22-4-3-13-35-20-22)28(34)18-27(29)32(40-31)41-14-16-44-17-15-41/h3-13,18-20H,2,14-17H2,1H3,(H,36,42)(H2,37,38,43). The van der Waals surface area contributed by atoms with Gasteiger partial charge in [0, 0.05) is 71.0 Å². The Labute approximate surface area is 253 Å². The summed E-state index contributed by atoms with van der Waals surface area (Å²) in [6, 6.07) is 20.5. The molecule has 6 rings (SSSR count). The Morgan fingerprint density at radius 2 is 1.52 bits per heavy atom. The maximum Gasteiger partial charge on any atom is 0.323 e. The molecule has 0 radical (unpaired) electrons. The van der Waals surface area contributed by atoms with Crippen LogP contribution in [0.1, 0.15) is 13.3 Å². The van der Waals surface area contributed by atoms with Gasteiger partial charge in [-0.05, 0) is 66.7 Å². The molecule has 44 heavy (non-hydrogen) atoms. The highest BCUT2D eigenvalue weighted by Gasteiger charge is 2.20. The van der Waals surface area contributed by atoms with Crippen LogP contribution in [0.3, 0.4) is 0 Å². The number of nitrogens with one attached hydrogen (secondary N) is 3. The molecule has 0 atom stereocenters. The summed E-state index contributed by atoms with van der Waals surface area (Å²) >= 11 is 0. The fraction of sp³-hybridized carbons (Fsp3) is 0.182. The Kier molecular flexibility index (Phi) is 8.37. The number of carbonyl (C=O) groups is 2. The second kappa shape index (κ2) is 12.8. The maximum atomic E-state index is 15.4. The van der Waals surface area contributed by atoms with Gasteiger partial charge in [-0.1, -0.05) is 13.0 Å². The first-order valence-electron chi connectivity index (χ1n) is 14.3. The van der Waals surface area contributed by atoms with Crippen molar-refractivity contribution in [1.82, 2.24) is 15.0 Å². The lowest BCUT2D eigenvalue weighted by atomic mass is 10.0. The summed E-state index contributed by atoms with van der Waals surface area (Å²) < 4.78 is 20.9. The Bertz CT molecular complexity index is 1790. The lowest BCUT2D eigenvalue weighted by Crippen LogP contribution is -2.37. The molecule has 0 aliphatic carbocycles. The second-order valence-corrected chi connectivity index (χ2v) is 10.2. The Hall–Kier alpha value is -5.42. The van der Waals surface area contributed by atoms with Crippen LogP contribution in [0, 0.1) is 5.82 Å². The van der Waals surface area contributed by atoms with Gasteiger partial charge in [0.1, 0.15) is 11.6 Å². The molecule has 222 valence electrons. The number of benzene rings is 3. The van der Waals surface area contributed by atoms with Crippen molar-refractivity contribution in [2.45, 2.75) is 13.3 Å². The van der Waals surface area contributed by atoms with Crippen LogP contribution in [0.25, 0.3) is 33.4 Å². The van der Waals surface area contributed by atoms with Crippen molar-refractivity contribution < 1.29 is 18.7 Å². The van der Waals surface area contributed by atoms with Gasteiger partial charge in [0.15, 0.2) is 5.82 Å². The molecule has 3 N–H and O–H groups in total. The highest BCUT2D eigenvalue weighted by Crippen LogP contribution is 2.33. The molecule has 1 aliphatic heterocycles. The Balaban J connectivity index is 1.24. The van der Waals surface area contributed by atoms with Crippen molar-refractivity contribution in [2.24, 2.45) is 0 Å². The van der Waals surface area contributed by atoms with Crippen LogP contribution in [0.15, 0.2) is 85.2 Å². The zero-order valence-corrected chi connectivity index (χ0v) is 24.0. The van der Waals surface area contributed by atoms with E-state index in [-0.39, 0.29) is 11.7 Å². The van der Waals surface area contributed by atoms with Crippen LogP contribution in [-0.4, -0.2) is 53.2 Å². The number of carbonyl (C=O) groups excluding carboxylic acids is 2. The lowest BCUT2D eigenvalue weighted by molar-refractivity contribution is -0.115. The predicted molar refractivity (Wildman–Crippen MR) is 169 cm³/mol. The third-order valence-electron chi connectivity index (χ3n) is 7.20. The van der Waals surface area contributed by atoms with Crippen molar-refractivity contribution in [3.63, 3.8) is 0 Å². The van der Waals surface area contributed by atoms with Gasteiger partial charge in [0.25, 0.3) is 0 Å². The summed E-state index contributed by atoms with van der Waals surface area (Å²) in [7, 11) is 0. The molecule has 0 spiro atoms. The van der Waals surface area contributed by atoms with Crippen LogP contribution < -0.4 is 20.9 Å². The molecule has 1 aliphatic rings. The summed E-state index contributed by atoms with van der Waals surface area (Å²) in [4.78, 5) is 40.1. The predicted octanol–water partition coefficient (Wildman–Crippen LogP) is 6.33. The number of pyridine rings is 1. The molecule has 0 saturated carbocycles. The summed E-state index contributed by atoms with van der Waals surface area (Å²) in [5, 5.41) is 8.99. The minimum absolute atomic E-state index is 0.0818. The third-order valence-corrected chi connectivity index (χ3v) is 7.20. The fourth-order valence-corrected chi connectivity index (χ4v) is 4.90. The van der Waals surface area contributed by atoms with E-state index < -0.39 is 6.03 Å². The Morgan fingerprint density at radius 1 is 0.864 bits per heavy atom. The summed E-state index contributed by atoms with van der Waals surface area (Å²) in [6.45, 7) is 4.15. The molecular formula is C33H30FN7O3. The smallest absolute Gasteiger partial charge is 0.323 e. The van der Waals surface area contributed by atoms with E-state index in [4.69, 9.17) is 14.7 Å². The number of anilines is 4. The SMILES string of the molecule is CCC(=O)Nc1ccc(NC(=O)Nc2ccc(-c3nc(N4CCOCC4)c4cc(F)c(-c5cccnc5)cc4n3)cc2)cc1. The van der Waals surface area contributed by atoms with Crippen LogP contribution in [0.2, 0.25) is 0 Å². The van der Waals surface area contributed by atoms with Gasteiger partial charge in [-0.2, -0.15) is 0 Å². The minimum Gasteiger partial charge on any atom is -0.378 e.